The largest absolute Gasteiger partial charge is 0.306 e. The summed E-state index contributed by atoms with van der Waals surface area (Å²) in [6, 6.07) is 11.1. The lowest BCUT2D eigenvalue weighted by Gasteiger charge is -2.27. The normalized spacial score (nSPS) is 18.5. The van der Waals surface area contributed by atoms with Crippen molar-refractivity contribution >= 4 is 43.4 Å². The topological polar surface area (TPSA) is 3.24 Å². The van der Waals surface area contributed by atoms with Gasteiger partial charge in [-0.1, -0.05) is 45.8 Å². The van der Waals surface area contributed by atoms with Crippen molar-refractivity contribution < 1.29 is 0 Å². The number of rotatable bonds is 0. The highest BCUT2D eigenvalue weighted by molar-refractivity contribution is 9.15. The molecule has 2 aromatic rings. The summed E-state index contributed by atoms with van der Waals surface area (Å²) in [6.07, 6.45) is 4.63. The Bertz CT molecular complexity index is 774. The Kier molecular flexibility index (Phi) is 3.81. The Morgan fingerprint density at radius 3 is 2.50 bits per heavy atom. The van der Waals surface area contributed by atoms with E-state index in [0.29, 0.717) is 0 Å². The molecule has 0 spiro atoms. The summed E-state index contributed by atoms with van der Waals surface area (Å²) in [4.78, 5) is 3.79. The summed E-state index contributed by atoms with van der Waals surface area (Å²) in [5.41, 5.74) is 7.19. The first-order valence-corrected chi connectivity index (χ1v) is 9.36. The molecule has 1 saturated heterocycles. The Morgan fingerprint density at radius 1 is 1.00 bits per heavy atom. The molecule has 1 aromatic heterocycles. The number of halogens is 1. The summed E-state index contributed by atoms with van der Waals surface area (Å²) >= 11 is 5.62. The molecule has 4 rings (SSSR count). The van der Waals surface area contributed by atoms with Crippen molar-refractivity contribution in [2.24, 2.45) is 0 Å². The smallest absolute Gasteiger partial charge is 0.0360 e. The third-order valence-corrected chi connectivity index (χ3v) is 6.14. The molecular formula is C19H18BrNS. The van der Waals surface area contributed by atoms with Gasteiger partial charge in [0.25, 0.3) is 0 Å². The van der Waals surface area contributed by atoms with Gasteiger partial charge in [0.2, 0.25) is 0 Å². The maximum Gasteiger partial charge on any atom is 0.0360 e. The van der Waals surface area contributed by atoms with Crippen LogP contribution in [0.25, 0.3) is 16.1 Å². The summed E-state index contributed by atoms with van der Waals surface area (Å²) in [7, 11) is 2.22. The van der Waals surface area contributed by atoms with Crippen LogP contribution in [0.4, 0.5) is 0 Å². The van der Waals surface area contributed by atoms with Crippen LogP contribution in [0.2, 0.25) is 0 Å². The number of hydrogen-bond donors (Lipinski definition) is 0. The molecule has 1 fully saturated rings. The second kappa shape index (κ2) is 5.80. The van der Waals surface area contributed by atoms with Gasteiger partial charge in [-0.15, -0.1) is 11.3 Å². The van der Waals surface area contributed by atoms with Crippen LogP contribution in [0.1, 0.15) is 34.4 Å². The highest BCUT2D eigenvalue weighted by Crippen LogP contribution is 2.44. The molecule has 0 amide bonds. The van der Waals surface area contributed by atoms with Crippen LogP contribution in [-0.4, -0.2) is 25.0 Å². The number of benzene rings is 1. The summed E-state index contributed by atoms with van der Waals surface area (Å²) in [5.74, 6) is 0. The molecule has 1 aliphatic carbocycles. The van der Waals surface area contributed by atoms with Gasteiger partial charge in [-0.3, -0.25) is 0 Å². The molecule has 1 aromatic carbocycles. The molecule has 22 heavy (non-hydrogen) atoms. The molecule has 2 aliphatic rings. The zero-order valence-corrected chi connectivity index (χ0v) is 15.0. The van der Waals surface area contributed by atoms with Crippen LogP contribution >= 0.6 is 27.3 Å². The van der Waals surface area contributed by atoms with Crippen LogP contribution in [0.15, 0.2) is 41.3 Å². The first-order valence-electron chi connectivity index (χ1n) is 7.69. The maximum atomic E-state index is 3.79. The van der Waals surface area contributed by atoms with E-state index >= 15 is 0 Å². The highest BCUT2D eigenvalue weighted by atomic mass is 79.9. The van der Waals surface area contributed by atoms with Crippen molar-refractivity contribution in [1.82, 2.24) is 4.90 Å². The van der Waals surface area contributed by atoms with Crippen molar-refractivity contribution in [3.05, 3.63) is 62.9 Å². The van der Waals surface area contributed by atoms with Gasteiger partial charge in [0.05, 0.1) is 0 Å². The van der Waals surface area contributed by atoms with Crippen molar-refractivity contribution in [2.45, 2.75) is 12.8 Å². The van der Waals surface area contributed by atoms with Crippen LogP contribution < -0.4 is 0 Å². The minimum absolute atomic E-state index is 1.16. The molecule has 0 radical (unpaired) electrons. The van der Waals surface area contributed by atoms with Crippen LogP contribution in [0, 0.1) is 0 Å². The zero-order valence-electron chi connectivity index (χ0n) is 12.6. The molecule has 0 saturated carbocycles. The molecular weight excluding hydrogens is 354 g/mol. The van der Waals surface area contributed by atoms with Gasteiger partial charge < -0.3 is 4.90 Å². The van der Waals surface area contributed by atoms with Crippen LogP contribution in [0.5, 0.6) is 0 Å². The molecule has 112 valence electrons. The van der Waals surface area contributed by atoms with Crippen molar-refractivity contribution in [3.8, 4) is 0 Å². The first-order chi connectivity index (χ1) is 10.7. The van der Waals surface area contributed by atoms with Crippen LogP contribution in [0.3, 0.4) is 0 Å². The monoisotopic (exact) mass is 371 g/mol. The second-order valence-corrected chi connectivity index (χ2v) is 7.82. The van der Waals surface area contributed by atoms with E-state index in [2.05, 4.69) is 69.7 Å². The van der Waals surface area contributed by atoms with Crippen molar-refractivity contribution in [1.29, 1.82) is 0 Å². The summed E-state index contributed by atoms with van der Waals surface area (Å²) in [6.45, 7) is 2.32. The Labute approximate surface area is 144 Å². The number of piperidine rings is 1. The van der Waals surface area contributed by atoms with Gasteiger partial charge in [0.15, 0.2) is 0 Å². The Balaban J connectivity index is 1.97. The van der Waals surface area contributed by atoms with E-state index < -0.39 is 0 Å². The molecule has 0 bridgehead atoms. The number of thiophene rings is 1. The fourth-order valence-corrected chi connectivity index (χ4v) is 4.97. The second-order valence-electron chi connectivity index (χ2n) is 6.02. The molecule has 1 aliphatic heterocycles. The van der Waals surface area contributed by atoms with E-state index in [9.17, 15) is 0 Å². The van der Waals surface area contributed by atoms with Crippen LogP contribution in [-0.2, 0) is 0 Å². The lowest BCUT2D eigenvalue weighted by Crippen LogP contribution is -2.27. The lowest BCUT2D eigenvalue weighted by atomic mass is 9.87. The predicted octanol–water partition coefficient (Wildman–Crippen LogP) is 5.48. The van der Waals surface area contributed by atoms with Crippen molar-refractivity contribution in [2.75, 3.05) is 20.1 Å². The average molecular weight is 372 g/mol. The van der Waals surface area contributed by atoms with E-state index in [1.807, 2.05) is 11.3 Å². The average Bonchev–Trinajstić information content (AvgIpc) is 2.93. The SMILES string of the molecule is CN1CCC(=C2c3ccccc3C(Br)=Cc3sccc32)CC1. The molecule has 3 heteroatoms. The number of nitrogens with zero attached hydrogens (tertiary/aromatic N) is 1. The quantitative estimate of drug-likeness (QED) is 0.592. The van der Waals surface area contributed by atoms with Gasteiger partial charge in [0.1, 0.15) is 0 Å². The fourth-order valence-electron chi connectivity index (χ4n) is 3.41. The third kappa shape index (κ3) is 2.41. The molecule has 0 unspecified atom stereocenters. The molecule has 0 N–H and O–H groups in total. The fraction of sp³-hybridized carbons (Fsp3) is 0.263. The number of likely N-dealkylation sites (tertiary alicyclic amines) is 1. The van der Waals surface area contributed by atoms with Gasteiger partial charge >= 0.3 is 0 Å². The summed E-state index contributed by atoms with van der Waals surface area (Å²) in [5, 5.41) is 2.21. The first kappa shape index (κ1) is 14.4. The number of fused-ring (bicyclic) bond motifs is 2. The van der Waals surface area contributed by atoms with E-state index in [1.165, 1.54) is 44.5 Å². The summed E-state index contributed by atoms with van der Waals surface area (Å²) < 4.78 is 1.19. The van der Waals surface area contributed by atoms with Gasteiger partial charge in [0, 0.05) is 28.0 Å². The molecule has 2 heterocycles. The standard InChI is InChI=1S/C19H18BrNS/c1-21-9-6-13(7-10-21)19-15-5-3-2-4-14(15)17(20)12-18-16(19)8-11-22-18/h2-5,8,11-12H,6-7,9-10H2,1H3. The van der Waals surface area contributed by atoms with E-state index in [4.69, 9.17) is 0 Å². The molecule has 1 nitrogen and oxygen atoms in total. The maximum absolute atomic E-state index is 3.79. The Morgan fingerprint density at radius 2 is 1.73 bits per heavy atom. The van der Waals surface area contributed by atoms with Crippen molar-refractivity contribution in [3.63, 3.8) is 0 Å². The minimum Gasteiger partial charge on any atom is -0.306 e. The zero-order chi connectivity index (χ0) is 15.1. The molecule has 0 atom stereocenters. The predicted molar refractivity (Wildman–Crippen MR) is 100 cm³/mol. The van der Waals surface area contributed by atoms with Gasteiger partial charge in [-0.25, -0.2) is 0 Å². The van der Waals surface area contributed by atoms with E-state index in [1.54, 1.807) is 5.57 Å². The number of hydrogen-bond acceptors (Lipinski definition) is 2. The van der Waals surface area contributed by atoms with E-state index in [-0.39, 0.29) is 0 Å². The van der Waals surface area contributed by atoms with Gasteiger partial charge in [-0.05, 0) is 54.1 Å². The Hall–Kier alpha value is -1.16. The third-order valence-electron chi connectivity index (χ3n) is 4.62. The van der Waals surface area contributed by atoms with E-state index in [0.717, 1.165) is 13.1 Å². The highest BCUT2D eigenvalue weighted by Gasteiger charge is 2.23. The lowest BCUT2D eigenvalue weighted by molar-refractivity contribution is 0.313. The minimum atomic E-state index is 1.16. The van der Waals surface area contributed by atoms with Gasteiger partial charge in [-0.2, -0.15) is 0 Å².